The summed E-state index contributed by atoms with van der Waals surface area (Å²) in [4.78, 5) is 13.8. The quantitative estimate of drug-likeness (QED) is 0.652. The van der Waals surface area contributed by atoms with Crippen molar-refractivity contribution in [1.82, 2.24) is 10.2 Å². The molecule has 0 bridgehead atoms. The van der Waals surface area contributed by atoms with Crippen molar-refractivity contribution in [3.63, 3.8) is 0 Å². The van der Waals surface area contributed by atoms with E-state index in [1.807, 2.05) is 0 Å². The summed E-state index contributed by atoms with van der Waals surface area (Å²) in [5, 5.41) is 3.32. The lowest BCUT2D eigenvalue weighted by Gasteiger charge is -2.29. The molecule has 1 atom stereocenters. The number of ether oxygens (including phenoxy) is 1. The Hall–Kier alpha value is -0.650. The molecular formula is C13H27N3O2. The minimum absolute atomic E-state index is 0.204. The van der Waals surface area contributed by atoms with Gasteiger partial charge in [-0.1, -0.05) is 13.8 Å². The zero-order chi connectivity index (χ0) is 13.4. The number of hydrogen-bond donors (Lipinski definition) is 2. The Morgan fingerprint density at radius 2 is 2.00 bits per heavy atom. The normalized spacial score (nSPS) is 19.1. The largest absolute Gasteiger partial charge is 0.381 e. The molecule has 0 aromatic carbocycles. The molecule has 0 radical (unpaired) electrons. The fourth-order valence-electron chi connectivity index (χ4n) is 2.47. The molecule has 1 saturated heterocycles. The Labute approximate surface area is 110 Å². The van der Waals surface area contributed by atoms with Crippen molar-refractivity contribution in [2.45, 2.75) is 32.7 Å². The molecule has 106 valence electrons. The van der Waals surface area contributed by atoms with Gasteiger partial charge < -0.3 is 20.7 Å². The average molecular weight is 257 g/mol. The highest BCUT2D eigenvalue weighted by molar-refractivity contribution is 5.80. The third kappa shape index (κ3) is 4.92. The standard InChI is InChI=1S/C13H27N3O2/c1-3-16(4-2)8-7-15-12(13(14)17)11-5-9-18-10-6-11/h11-12,15H,3-10H2,1-2H3,(H2,14,17). The molecular weight excluding hydrogens is 230 g/mol. The van der Waals surface area contributed by atoms with Crippen molar-refractivity contribution in [2.75, 3.05) is 39.4 Å². The molecule has 0 aromatic heterocycles. The molecule has 1 heterocycles. The summed E-state index contributed by atoms with van der Waals surface area (Å²) in [6.07, 6.45) is 1.84. The van der Waals surface area contributed by atoms with Crippen LogP contribution in [0.5, 0.6) is 0 Å². The van der Waals surface area contributed by atoms with E-state index in [9.17, 15) is 4.79 Å². The van der Waals surface area contributed by atoms with Gasteiger partial charge in [-0.05, 0) is 31.8 Å². The number of primary amides is 1. The Morgan fingerprint density at radius 3 is 2.50 bits per heavy atom. The lowest BCUT2D eigenvalue weighted by atomic mass is 9.91. The average Bonchev–Trinajstić information content (AvgIpc) is 2.39. The van der Waals surface area contributed by atoms with Crippen LogP contribution in [-0.2, 0) is 9.53 Å². The van der Waals surface area contributed by atoms with Crippen molar-refractivity contribution in [3.05, 3.63) is 0 Å². The SMILES string of the molecule is CCN(CC)CCNC(C(N)=O)C1CCOCC1. The van der Waals surface area contributed by atoms with E-state index in [-0.39, 0.29) is 11.9 Å². The van der Waals surface area contributed by atoms with E-state index in [1.165, 1.54) is 0 Å². The minimum Gasteiger partial charge on any atom is -0.381 e. The Balaban J connectivity index is 2.35. The summed E-state index contributed by atoms with van der Waals surface area (Å²) in [6.45, 7) is 9.62. The van der Waals surface area contributed by atoms with Gasteiger partial charge in [0.25, 0.3) is 0 Å². The van der Waals surface area contributed by atoms with Gasteiger partial charge in [-0.3, -0.25) is 4.79 Å². The van der Waals surface area contributed by atoms with E-state index < -0.39 is 0 Å². The van der Waals surface area contributed by atoms with Crippen molar-refractivity contribution < 1.29 is 9.53 Å². The lowest BCUT2D eigenvalue weighted by Crippen LogP contribution is -2.50. The van der Waals surface area contributed by atoms with Crippen LogP contribution in [-0.4, -0.2) is 56.2 Å². The second kappa shape index (κ2) is 8.45. The van der Waals surface area contributed by atoms with E-state index in [2.05, 4.69) is 24.1 Å². The summed E-state index contributed by atoms with van der Waals surface area (Å²) in [6, 6.07) is -0.204. The topological polar surface area (TPSA) is 67.6 Å². The third-order valence-corrected chi connectivity index (χ3v) is 3.73. The first-order valence-electron chi connectivity index (χ1n) is 7.01. The van der Waals surface area contributed by atoms with E-state index in [0.29, 0.717) is 5.92 Å². The van der Waals surface area contributed by atoms with E-state index in [4.69, 9.17) is 10.5 Å². The van der Waals surface area contributed by atoms with Gasteiger partial charge in [0.1, 0.15) is 0 Å². The predicted molar refractivity (Wildman–Crippen MR) is 72.3 cm³/mol. The van der Waals surface area contributed by atoms with Gasteiger partial charge in [0.15, 0.2) is 0 Å². The summed E-state index contributed by atoms with van der Waals surface area (Å²) in [5.41, 5.74) is 5.49. The zero-order valence-electron chi connectivity index (χ0n) is 11.7. The monoisotopic (exact) mass is 257 g/mol. The number of carbonyl (C=O) groups excluding carboxylic acids is 1. The number of carbonyl (C=O) groups is 1. The highest BCUT2D eigenvalue weighted by Crippen LogP contribution is 2.18. The van der Waals surface area contributed by atoms with Gasteiger partial charge in [0.2, 0.25) is 5.91 Å². The molecule has 0 aromatic rings. The van der Waals surface area contributed by atoms with Crippen LogP contribution in [0.1, 0.15) is 26.7 Å². The molecule has 1 aliphatic heterocycles. The molecule has 1 unspecified atom stereocenters. The molecule has 0 spiro atoms. The van der Waals surface area contributed by atoms with E-state index >= 15 is 0 Å². The van der Waals surface area contributed by atoms with E-state index in [1.54, 1.807) is 0 Å². The van der Waals surface area contributed by atoms with Gasteiger partial charge in [-0.15, -0.1) is 0 Å². The van der Waals surface area contributed by atoms with Gasteiger partial charge in [-0.25, -0.2) is 0 Å². The number of rotatable bonds is 8. The third-order valence-electron chi connectivity index (χ3n) is 3.73. The van der Waals surface area contributed by atoms with Crippen molar-refractivity contribution in [2.24, 2.45) is 11.7 Å². The molecule has 0 aliphatic carbocycles. The number of nitrogens with two attached hydrogens (primary N) is 1. The number of hydrogen-bond acceptors (Lipinski definition) is 4. The summed E-state index contributed by atoms with van der Waals surface area (Å²) in [5.74, 6) is 0.0920. The van der Waals surface area contributed by atoms with Crippen molar-refractivity contribution in [1.29, 1.82) is 0 Å². The molecule has 0 saturated carbocycles. The predicted octanol–water partition coefficient (Wildman–Crippen LogP) is 0.198. The maximum Gasteiger partial charge on any atom is 0.234 e. The first kappa shape index (κ1) is 15.4. The maximum absolute atomic E-state index is 11.5. The zero-order valence-corrected chi connectivity index (χ0v) is 11.7. The first-order chi connectivity index (χ1) is 8.69. The maximum atomic E-state index is 11.5. The van der Waals surface area contributed by atoms with Crippen LogP contribution in [0, 0.1) is 5.92 Å². The molecule has 5 heteroatoms. The lowest BCUT2D eigenvalue weighted by molar-refractivity contribution is -0.122. The summed E-state index contributed by atoms with van der Waals surface area (Å²) >= 11 is 0. The number of nitrogens with one attached hydrogen (secondary N) is 1. The van der Waals surface area contributed by atoms with Gasteiger partial charge in [0.05, 0.1) is 6.04 Å². The smallest absolute Gasteiger partial charge is 0.234 e. The Kier molecular flexibility index (Phi) is 7.23. The Morgan fingerprint density at radius 1 is 1.39 bits per heavy atom. The van der Waals surface area contributed by atoms with Crippen LogP contribution in [0.4, 0.5) is 0 Å². The van der Waals surface area contributed by atoms with Gasteiger partial charge in [0, 0.05) is 26.3 Å². The molecule has 1 aliphatic rings. The van der Waals surface area contributed by atoms with E-state index in [0.717, 1.165) is 52.2 Å². The number of nitrogens with zero attached hydrogens (tertiary/aromatic N) is 1. The second-order valence-corrected chi connectivity index (χ2v) is 4.81. The van der Waals surface area contributed by atoms with Gasteiger partial charge in [-0.2, -0.15) is 0 Å². The fraction of sp³-hybridized carbons (Fsp3) is 0.923. The van der Waals surface area contributed by atoms with Crippen LogP contribution in [0.25, 0.3) is 0 Å². The number of amides is 1. The molecule has 1 amide bonds. The minimum atomic E-state index is -0.235. The summed E-state index contributed by atoms with van der Waals surface area (Å²) < 4.78 is 5.32. The molecule has 3 N–H and O–H groups in total. The summed E-state index contributed by atoms with van der Waals surface area (Å²) in [7, 11) is 0. The van der Waals surface area contributed by atoms with Crippen molar-refractivity contribution >= 4 is 5.91 Å². The highest BCUT2D eigenvalue weighted by Gasteiger charge is 2.27. The van der Waals surface area contributed by atoms with Crippen LogP contribution in [0.3, 0.4) is 0 Å². The van der Waals surface area contributed by atoms with Crippen molar-refractivity contribution in [3.8, 4) is 0 Å². The van der Waals surface area contributed by atoms with Crippen LogP contribution < -0.4 is 11.1 Å². The van der Waals surface area contributed by atoms with Crippen LogP contribution >= 0.6 is 0 Å². The van der Waals surface area contributed by atoms with Gasteiger partial charge >= 0.3 is 0 Å². The second-order valence-electron chi connectivity index (χ2n) is 4.81. The molecule has 1 fully saturated rings. The molecule has 1 rings (SSSR count). The molecule has 18 heavy (non-hydrogen) atoms. The number of likely N-dealkylation sites (N-methyl/N-ethyl adjacent to an activating group) is 1. The Bertz CT molecular complexity index is 238. The highest BCUT2D eigenvalue weighted by atomic mass is 16.5. The fourth-order valence-corrected chi connectivity index (χ4v) is 2.47. The van der Waals surface area contributed by atoms with Crippen LogP contribution in [0.2, 0.25) is 0 Å². The molecule has 5 nitrogen and oxygen atoms in total. The van der Waals surface area contributed by atoms with Crippen LogP contribution in [0.15, 0.2) is 0 Å². The first-order valence-corrected chi connectivity index (χ1v) is 7.01.